The van der Waals surface area contributed by atoms with Gasteiger partial charge in [0.2, 0.25) is 5.91 Å². The highest BCUT2D eigenvalue weighted by Crippen LogP contribution is 2.19. The van der Waals surface area contributed by atoms with Crippen LogP contribution in [-0.4, -0.2) is 90.7 Å². The summed E-state index contributed by atoms with van der Waals surface area (Å²) >= 11 is 0. The van der Waals surface area contributed by atoms with Crippen LogP contribution in [0.5, 0.6) is 0 Å². The van der Waals surface area contributed by atoms with E-state index >= 15 is 0 Å². The summed E-state index contributed by atoms with van der Waals surface area (Å²) < 4.78 is 11.0. The van der Waals surface area contributed by atoms with Gasteiger partial charge in [0.1, 0.15) is 5.60 Å². The molecule has 2 rings (SSSR count). The Morgan fingerprint density at radius 3 is 2.40 bits per heavy atom. The van der Waals surface area contributed by atoms with Crippen molar-refractivity contribution >= 4 is 18.0 Å². The summed E-state index contributed by atoms with van der Waals surface area (Å²) in [5.74, 6) is -0.278. The number of hydrogen-bond donors (Lipinski definition) is 0. The van der Waals surface area contributed by atoms with E-state index < -0.39 is 5.60 Å². The van der Waals surface area contributed by atoms with E-state index in [4.69, 9.17) is 9.47 Å². The lowest BCUT2D eigenvalue weighted by Crippen LogP contribution is -2.42. The average Bonchev–Trinajstić information content (AvgIpc) is 2.95. The Kier molecular flexibility index (Phi) is 9.39. The molecule has 30 heavy (non-hydrogen) atoms. The van der Waals surface area contributed by atoms with Gasteiger partial charge in [-0.2, -0.15) is 0 Å². The molecular formula is C22H39N3O5. The smallest absolute Gasteiger partial charge is 0.410 e. The Labute approximate surface area is 180 Å². The highest BCUT2D eigenvalue weighted by Gasteiger charge is 2.29. The Hall–Kier alpha value is -1.83. The quantitative estimate of drug-likeness (QED) is 0.481. The van der Waals surface area contributed by atoms with Crippen molar-refractivity contribution in [2.24, 2.45) is 5.92 Å². The van der Waals surface area contributed by atoms with Gasteiger partial charge in [0.25, 0.3) is 0 Å². The standard InChI is InChI=1S/C22H39N3O5/c1-5-19(26)25-12-6-9-18(17-25)20(27)29-16-8-11-23-10-7-13-24(15-14-23)21(28)30-22(2,3)4/h18H,5-17H2,1-4H3. The van der Waals surface area contributed by atoms with Crippen LogP contribution in [0.15, 0.2) is 0 Å². The van der Waals surface area contributed by atoms with Gasteiger partial charge in [0.15, 0.2) is 0 Å². The number of likely N-dealkylation sites (tertiary alicyclic amines) is 1. The third kappa shape index (κ3) is 8.13. The molecule has 1 atom stereocenters. The molecule has 8 heteroatoms. The third-order valence-electron chi connectivity index (χ3n) is 5.51. The van der Waals surface area contributed by atoms with Crippen molar-refractivity contribution in [2.45, 2.75) is 65.4 Å². The molecule has 2 amide bonds. The second-order valence-electron chi connectivity index (χ2n) is 9.22. The van der Waals surface area contributed by atoms with E-state index in [1.807, 2.05) is 27.7 Å². The molecule has 0 aromatic heterocycles. The van der Waals surface area contributed by atoms with Gasteiger partial charge >= 0.3 is 12.1 Å². The van der Waals surface area contributed by atoms with E-state index in [1.54, 1.807) is 9.80 Å². The van der Waals surface area contributed by atoms with Gasteiger partial charge in [-0.05, 0) is 53.0 Å². The molecule has 2 saturated heterocycles. The van der Waals surface area contributed by atoms with E-state index in [2.05, 4.69) is 4.90 Å². The molecule has 2 aliphatic heterocycles. The molecule has 0 aromatic rings. The summed E-state index contributed by atoms with van der Waals surface area (Å²) in [6, 6.07) is 0. The lowest BCUT2D eigenvalue weighted by Gasteiger charge is -2.31. The number of ether oxygens (including phenoxy) is 2. The fourth-order valence-corrected chi connectivity index (χ4v) is 3.90. The lowest BCUT2D eigenvalue weighted by atomic mass is 9.98. The Bertz CT molecular complexity index is 590. The molecule has 0 radical (unpaired) electrons. The Morgan fingerprint density at radius 2 is 1.70 bits per heavy atom. The maximum absolute atomic E-state index is 12.4. The van der Waals surface area contributed by atoms with Crippen LogP contribution in [0.2, 0.25) is 0 Å². The van der Waals surface area contributed by atoms with E-state index in [0.717, 1.165) is 51.9 Å². The van der Waals surface area contributed by atoms with Crippen LogP contribution in [0, 0.1) is 5.92 Å². The molecule has 0 bridgehead atoms. The zero-order valence-electron chi connectivity index (χ0n) is 19.2. The number of rotatable bonds is 6. The number of carbonyl (C=O) groups is 3. The first-order chi connectivity index (χ1) is 14.2. The van der Waals surface area contributed by atoms with Crippen LogP contribution in [0.4, 0.5) is 4.79 Å². The maximum Gasteiger partial charge on any atom is 0.410 e. The van der Waals surface area contributed by atoms with Crippen LogP contribution in [0.25, 0.3) is 0 Å². The van der Waals surface area contributed by atoms with Gasteiger partial charge in [0.05, 0.1) is 12.5 Å². The van der Waals surface area contributed by atoms with Crippen molar-refractivity contribution in [3.8, 4) is 0 Å². The summed E-state index contributed by atoms with van der Waals surface area (Å²) in [6.07, 6.45) is 3.54. The first kappa shape index (κ1) is 24.4. The van der Waals surface area contributed by atoms with Gasteiger partial charge < -0.3 is 24.2 Å². The predicted octanol–water partition coefficient (Wildman–Crippen LogP) is 2.51. The zero-order chi connectivity index (χ0) is 22.1. The second-order valence-corrected chi connectivity index (χ2v) is 9.22. The molecule has 0 aromatic carbocycles. The minimum atomic E-state index is -0.480. The highest BCUT2D eigenvalue weighted by molar-refractivity contribution is 5.78. The van der Waals surface area contributed by atoms with Gasteiger partial charge in [-0.1, -0.05) is 6.92 Å². The summed E-state index contributed by atoms with van der Waals surface area (Å²) in [5, 5.41) is 0. The van der Waals surface area contributed by atoms with Crippen molar-refractivity contribution < 1.29 is 23.9 Å². The first-order valence-corrected chi connectivity index (χ1v) is 11.3. The van der Waals surface area contributed by atoms with Crippen LogP contribution >= 0.6 is 0 Å². The number of amides is 2. The highest BCUT2D eigenvalue weighted by atomic mass is 16.6. The molecule has 0 saturated carbocycles. The first-order valence-electron chi connectivity index (χ1n) is 11.3. The fourth-order valence-electron chi connectivity index (χ4n) is 3.90. The lowest BCUT2D eigenvalue weighted by molar-refractivity contribution is -0.152. The zero-order valence-corrected chi connectivity index (χ0v) is 19.2. The van der Waals surface area contributed by atoms with E-state index in [9.17, 15) is 14.4 Å². The van der Waals surface area contributed by atoms with Crippen molar-refractivity contribution in [2.75, 3.05) is 52.4 Å². The summed E-state index contributed by atoms with van der Waals surface area (Å²) in [7, 11) is 0. The van der Waals surface area contributed by atoms with E-state index in [0.29, 0.717) is 32.7 Å². The predicted molar refractivity (Wildman–Crippen MR) is 114 cm³/mol. The molecule has 0 aliphatic carbocycles. The molecule has 1 unspecified atom stereocenters. The summed E-state index contributed by atoms with van der Waals surface area (Å²) in [4.78, 5) is 42.3. The Balaban J connectivity index is 1.65. The van der Waals surface area contributed by atoms with Gasteiger partial charge in [-0.15, -0.1) is 0 Å². The molecular weight excluding hydrogens is 386 g/mol. The van der Waals surface area contributed by atoms with Gasteiger partial charge in [-0.25, -0.2) is 4.79 Å². The van der Waals surface area contributed by atoms with Crippen LogP contribution in [0.3, 0.4) is 0 Å². The number of esters is 1. The van der Waals surface area contributed by atoms with Crippen LogP contribution in [-0.2, 0) is 19.1 Å². The Morgan fingerprint density at radius 1 is 0.967 bits per heavy atom. The van der Waals surface area contributed by atoms with Crippen molar-refractivity contribution in [3.63, 3.8) is 0 Å². The molecule has 8 nitrogen and oxygen atoms in total. The monoisotopic (exact) mass is 425 g/mol. The third-order valence-corrected chi connectivity index (χ3v) is 5.51. The van der Waals surface area contributed by atoms with Crippen LogP contribution < -0.4 is 0 Å². The van der Waals surface area contributed by atoms with Crippen LogP contribution in [0.1, 0.15) is 59.8 Å². The van der Waals surface area contributed by atoms with Crippen molar-refractivity contribution in [1.82, 2.24) is 14.7 Å². The normalized spacial score (nSPS) is 21.1. The number of carbonyl (C=O) groups excluding carboxylic acids is 3. The molecule has 172 valence electrons. The number of hydrogen-bond acceptors (Lipinski definition) is 6. The van der Waals surface area contributed by atoms with Crippen molar-refractivity contribution in [3.05, 3.63) is 0 Å². The summed E-state index contributed by atoms with van der Waals surface area (Å²) in [5.41, 5.74) is -0.480. The molecule has 0 N–H and O–H groups in total. The van der Waals surface area contributed by atoms with Gasteiger partial charge in [0, 0.05) is 45.7 Å². The maximum atomic E-state index is 12.4. The molecule has 0 spiro atoms. The van der Waals surface area contributed by atoms with Crippen molar-refractivity contribution in [1.29, 1.82) is 0 Å². The molecule has 2 aliphatic rings. The minimum absolute atomic E-state index is 0.106. The molecule has 2 heterocycles. The summed E-state index contributed by atoms with van der Waals surface area (Å²) in [6.45, 7) is 13.0. The van der Waals surface area contributed by atoms with E-state index in [-0.39, 0.29) is 23.9 Å². The second kappa shape index (κ2) is 11.5. The number of nitrogens with zero attached hydrogens (tertiary/aromatic N) is 3. The largest absolute Gasteiger partial charge is 0.465 e. The van der Waals surface area contributed by atoms with E-state index in [1.165, 1.54) is 0 Å². The minimum Gasteiger partial charge on any atom is -0.465 e. The topological polar surface area (TPSA) is 79.4 Å². The fraction of sp³-hybridized carbons (Fsp3) is 0.864. The molecule has 2 fully saturated rings. The SMILES string of the molecule is CCC(=O)N1CCCC(C(=O)OCCCN2CCCN(C(=O)OC(C)(C)C)CC2)C1. The van der Waals surface area contributed by atoms with Gasteiger partial charge in [-0.3, -0.25) is 9.59 Å². The average molecular weight is 426 g/mol. The number of piperidine rings is 1.